The summed E-state index contributed by atoms with van der Waals surface area (Å²) in [5.41, 5.74) is 0. The van der Waals surface area contributed by atoms with Crippen molar-refractivity contribution in [2.75, 3.05) is 12.4 Å². The van der Waals surface area contributed by atoms with Gasteiger partial charge in [-0.2, -0.15) is 16.9 Å². The Morgan fingerprint density at radius 3 is 2.94 bits per heavy atom. The fourth-order valence-electron chi connectivity index (χ4n) is 2.73. The summed E-state index contributed by atoms with van der Waals surface area (Å²) in [6.07, 6.45) is 11.9. The molecule has 2 fully saturated rings. The largest absolute Gasteiger partial charge is 0.489 e. The van der Waals surface area contributed by atoms with Gasteiger partial charge < -0.3 is 4.74 Å². The quantitative estimate of drug-likeness (QED) is 0.823. The molecule has 1 aliphatic heterocycles. The van der Waals surface area contributed by atoms with Gasteiger partial charge in [-0.05, 0) is 31.4 Å². The van der Waals surface area contributed by atoms with Gasteiger partial charge in [-0.25, -0.2) is 0 Å². The summed E-state index contributed by atoms with van der Waals surface area (Å²) >= 11 is 2.04. The molecule has 3 nitrogen and oxygen atoms in total. The molecule has 0 aromatic carbocycles. The van der Waals surface area contributed by atoms with Crippen LogP contribution in [0.3, 0.4) is 0 Å². The first-order chi connectivity index (χ1) is 8.42. The SMILES string of the molecule is c1nn(C2CCCC2)cc1OCC1CCCS1. The second kappa shape index (κ2) is 5.34. The van der Waals surface area contributed by atoms with E-state index in [9.17, 15) is 0 Å². The van der Waals surface area contributed by atoms with Gasteiger partial charge in [-0.3, -0.25) is 4.68 Å². The molecule has 1 unspecified atom stereocenters. The number of hydrogen-bond acceptors (Lipinski definition) is 3. The van der Waals surface area contributed by atoms with Crippen molar-refractivity contribution in [1.82, 2.24) is 9.78 Å². The van der Waals surface area contributed by atoms with Gasteiger partial charge in [0.2, 0.25) is 0 Å². The maximum absolute atomic E-state index is 5.83. The first kappa shape index (κ1) is 11.5. The number of hydrogen-bond donors (Lipinski definition) is 0. The maximum atomic E-state index is 5.83. The van der Waals surface area contributed by atoms with Crippen LogP contribution < -0.4 is 4.74 Å². The van der Waals surface area contributed by atoms with Crippen molar-refractivity contribution < 1.29 is 4.74 Å². The molecule has 0 amide bonds. The summed E-state index contributed by atoms with van der Waals surface area (Å²) in [5.74, 6) is 2.25. The number of nitrogens with zero attached hydrogens (tertiary/aromatic N) is 2. The summed E-state index contributed by atoms with van der Waals surface area (Å²) in [6.45, 7) is 0.848. The second-order valence-corrected chi connectivity index (χ2v) is 6.45. The Labute approximate surface area is 107 Å². The zero-order valence-electron chi connectivity index (χ0n) is 10.2. The number of thioether (sulfide) groups is 1. The average Bonchev–Trinajstić information content (AvgIpc) is 3.09. The monoisotopic (exact) mass is 252 g/mol. The minimum atomic E-state index is 0.619. The van der Waals surface area contributed by atoms with E-state index >= 15 is 0 Å². The van der Waals surface area contributed by atoms with E-state index < -0.39 is 0 Å². The molecule has 2 aliphatic rings. The second-order valence-electron chi connectivity index (χ2n) is 5.04. The summed E-state index contributed by atoms with van der Waals surface area (Å²) in [4.78, 5) is 0. The van der Waals surface area contributed by atoms with E-state index in [0.29, 0.717) is 11.3 Å². The van der Waals surface area contributed by atoms with E-state index in [1.54, 1.807) is 0 Å². The predicted molar refractivity (Wildman–Crippen MR) is 70.7 cm³/mol. The van der Waals surface area contributed by atoms with Crippen molar-refractivity contribution in [2.45, 2.75) is 49.8 Å². The first-order valence-electron chi connectivity index (χ1n) is 6.70. The van der Waals surface area contributed by atoms with Gasteiger partial charge in [0.05, 0.1) is 18.4 Å². The van der Waals surface area contributed by atoms with Gasteiger partial charge in [-0.15, -0.1) is 0 Å². The van der Waals surface area contributed by atoms with Crippen molar-refractivity contribution in [1.29, 1.82) is 0 Å². The lowest BCUT2D eigenvalue weighted by atomic mass is 10.3. The topological polar surface area (TPSA) is 27.1 Å². The van der Waals surface area contributed by atoms with E-state index in [1.165, 1.54) is 44.3 Å². The third-order valence-corrected chi connectivity index (χ3v) is 5.10. The Hall–Kier alpha value is -0.640. The number of aromatic nitrogens is 2. The fraction of sp³-hybridized carbons (Fsp3) is 0.769. The Balaban J connectivity index is 1.52. The maximum Gasteiger partial charge on any atom is 0.157 e. The lowest BCUT2D eigenvalue weighted by Gasteiger charge is -2.10. The van der Waals surface area contributed by atoms with Gasteiger partial charge in [0.1, 0.15) is 6.61 Å². The highest BCUT2D eigenvalue weighted by atomic mass is 32.2. The van der Waals surface area contributed by atoms with Crippen LogP contribution in [0, 0.1) is 0 Å². The molecule has 94 valence electrons. The van der Waals surface area contributed by atoms with Crippen LogP contribution in [0.1, 0.15) is 44.6 Å². The highest BCUT2D eigenvalue weighted by Crippen LogP contribution is 2.30. The molecule has 17 heavy (non-hydrogen) atoms. The molecule has 1 aromatic rings. The molecule has 3 rings (SSSR count). The Morgan fingerprint density at radius 2 is 2.18 bits per heavy atom. The van der Waals surface area contributed by atoms with Crippen molar-refractivity contribution in [3.05, 3.63) is 12.4 Å². The van der Waals surface area contributed by atoms with Crippen LogP contribution in [0.5, 0.6) is 5.75 Å². The molecular weight excluding hydrogens is 232 g/mol. The highest BCUT2D eigenvalue weighted by Gasteiger charge is 2.19. The molecule has 1 saturated carbocycles. The Kier molecular flexibility index (Phi) is 3.60. The Bertz CT molecular complexity index is 354. The van der Waals surface area contributed by atoms with Gasteiger partial charge in [0.25, 0.3) is 0 Å². The molecule has 0 spiro atoms. The van der Waals surface area contributed by atoms with E-state index in [0.717, 1.165) is 12.4 Å². The molecule has 0 N–H and O–H groups in total. The van der Waals surface area contributed by atoms with Crippen LogP contribution in [0.2, 0.25) is 0 Å². The number of ether oxygens (including phenoxy) is 1. The lowest BCUT2D eigenvalue weighted by molar-refractivity contribution is 0.314. The van der Waals surface area contributed by atoms with E-state index in [4.69, 9.17) is 4.74 Å². The van der Waals surface area contributed by atoms with Crippen LogP contribution >= 0.6 is 11.8 Å². The first-order valence-corrected chi connectivity index (χ1v) is 7.75. The molecule has 0 radical (unpaired) electrons. The van der Waals surface area contributed by atoms with Gasteiger partial charge >= 0.3 is 0 Å². The molecule has 1 aromatic heterocycles. The summed E-state index contributed by atoms with van der Waals surface area (Å²) < 4.78 is 7.93. The molecule has 0 bridgehead atoms. The van der Waals surface area contributed by atoms with E-state index in [2.05, 4.69) is 16.0 Å². The normalized spacial score (nSPS) is 25.5. The average molecular weight is 252 g/mol. The minimum Gasteiger partial charge on any atom is -0.489 e. The zero-order chi connectivity index (χ0) is 11.5. The lowest BCUT2D eigenvalue weighted by Crippen LogP contribution is -2.10. The molecular formula is C13H20N2OS. The standard InChI is InChI=1S/C13H20N2OS/c1-2-5-11(4-1)15-9-12(8-14-15)16-10-13-6-3-7-17-13/h8-9,11,13H,1-7,10H2. The number of rotatable bonds is 4. The Morgan fingerprint density at radius 1 is 1.29 bits per heavy atom. The summed E-state index contributed by atoms with van der Waals surface area (Å²) in [6, 6.07) is 0.619. The minimum absolute atomic E-state index is 0.619. The third kappa shape index (κ3) is 2.79. The van der Waals surface area contributed by atoms with Crippen LogP contribution in [-0.4, -0.2) is 27.4 Å². The molecule has 4 heteroatoms. The zero-order valence-corrected chi connectivity index (χ0v) is 11.0. The molecule has 2 heterocycles. The van der Waals surface area contributed by atoms with Crippen molar-refractivity contribution in [3.8, 4) is 5.75 Å². The van der Waals surface area contributed by atoms with Crippen LogP contribution in [0.15, 0.2) is 12.4 Å². The van der Waals surface area contributed by atoms with Crippen LogP contribution in [0.25, 0.3) is 0 Å². The summed E-state index contributed by atoms with van der Waals surface area (Å²) in [7, 11) is 0. The van der Waals surface area contributed by atoms with Crippen LogP contribution in [0.4, 0.5) is 0 Å². The smallest absolute Gasteiger partial charge is 0.157 e. The van der Waals surface area contributed by atoms with Crippen molar-refractivity contribution in [2.24, 2.45) is 0 Å². The van der Waals surface area contributed by atoms with Crippen molar-refractivity contribution >= 4 is 11.8 Å². The van der Waals surface area contributed by atoms with Gasteiger partial charge in [0, 0.05) is 5.25 Å². The third-order valence-electron chi connectivity index (χ3n) is 3.74. The van der Waals surface area contributed by atoms with Crippen molar-refractivity contribution in [3.63, 3.8) is 0 Å². The fourth-order valence-corrected chi connectivity index (χ4v) is 3.89. The van der Waals surface area contributed by atoms with E-state index in [-0.39, 0.29) is 0 Å². The van der Waals surface area contributed by atoms with E-state index in [1.807, 2.05) is 18.0 Å². The molecule has 1 atom stereocenters. The van der Waals surface area contributed by atoms with Crippen LogP contribution in [-0.2, 0) is 0 Å². The predicted octanol–water partition coefficient (Wildman–Crippen LogP) is 3.27. The van der Waals surface area contributed by atoms with Gasteiger partial charge in [-0.1, -0.05) is 12.8 Å². The highest BCUT2D eigenvalue weighted by molar-refractivity contribution is 8.00. The molecule has 1 aliphatic carbocycles. The van der Waals surface area contributed by atoms with Gasteiger partial charge in [0.15, 0.2) is 5.75 Å². The molecule has 1 saturated heterocycles. The summed E-state index contributed by atoms with van der Waals surface area (Å²) in [5, 5.41) is 5.13.